The molecular weight excluding hydrogens is 310 g/mol. The van der Waals surface area contributed by atoms with Gasteiger partial charge in [-0.3, -0.25) is 4.98 Å². The molecule has 0 aliphatic carbocycles. The second-order valence-corrected chi connectivity index (χ2v) is 7.10. The Balaban J connectivity index is 0.00000161. The quantitative estimate of drug-likeness (QED) is 0.910. The minimum atomic E-state index is -3.50. The van der Waals surface area contributed by atoms with Gasteiger partial charge in [-0.15, -0.1) is 12.4 Å². The van der Waals surface area contributed by atoms with Crippen LogP contribution in [-0.2, 0) is 10.0 Å². The molecule has 0 bridgehead atoms. The number of nitrogens with two attached hydrogens (primary N) is 1. The Kier molecular flexibility index (Phi) is 4.53. The van der Waals surface area contributed by atoms with Crippen molar-refractivity contribution in [1.29, 1.82) is 0 Å². The van der Waals surface area contributed by atoms with Gasteiger partial charge in [-0.05, 0) is 37.1 Å². The van der Waals surface area contributed by atoms with E-state index in [1.54, 1.807) is 30.5 Å². The summed E-state index contributed by atoms with van der Waals surface area (Å²) in [6, 6.07) is 6.96. The molecule has 2 aromatic rings. The van der Waals surface area contributed by atoms with Crippen molar-refractivity contribution in [3.05, 3.63) is 36.0 Å². The monoisotopic (exact) mass is 327 g/mol. The van der Waals surface area contributed by atoms with Crippen molar-refractivity contribution in [2.75, 3.05) is 13.1 Å². The van der Waals surface area contributed by atoms with Crippen molar-refractivity contribution in [2.24, 2.45) is 5.73 Å². The second kappa shape index (κ2) is 5.88. The smallest absolute Gasteiger partial charge is 0.243 e. The number of pyridine rings is 1. The third kappa shape index (κ3) is 2.76. The van der Waals surface area contributed by atoms with Crippen molar-refractivity contribution in [1.82, 2.24) is 9.29 Å². The number of nitrogens with zero attached hydrogens (tertiary/aromatic N) is 2. The number of hydrogen-bond acceptors (Lipinski definition) is 4. The van der Waals surface area contributed by atoms with E-state index in [0.29, 0.717) is 29.8 Å². The number of hydrogen-bond donors (Lipinski definition) is 1. The van der Waals surface area contributed by atoms with E-state index in [1.165, 1.54) is 4.31 Å². The molecule has 1 aromatic carbocycles. The number of rotatable bonds is 2. The van der Waals surface area contributed by atoms with Crippen LogP contribution in [0.5, 0.6) is 0 Å². The predicted octanol–water partition coefficient (Wildman–Crippen LogP) is 1.69. The summed E-state index contributed by atoms with van der Waals surface area (Å²) < 4.78 is 27.0. The van der Waals surface area contributed by atoms with Crippen LogP contribution >= 0.6 is 12.4 Å². The van der Waals surface area contributed by atoms with E-state index in [0.717, 1.165) is 11.1 Å². The van der Waals surface area contributed by atoms with E-state index in [4.69, 9.17) is 5.73 Å². The molecule has 21 heavy (non-hydrogen) atoms. The normalized spacial score (nSPS) is 19.6. The summed E-state index contributed by atoms with van der Waals surface area (Å²) in [6.45, 7) is 2.80. The van der Waals surface area contributed by atoms with Crippen molar-refractivity contribution >= 4 is 33.3 Å². The first-order valence-electron chi connectivity index (χ1n) is 6.60. The lowest BCUT2D eigenvalue weighted by atomic mass is 10.1. The summed E-state index contributed by atoms with van der Waals surface area (Å²) in [5, 5.41) is 0.674. The fourth-order valence-corrected chi connectivity index (χ4v) is 4.32. The van der Waals surface area contributed by atoms with Gasteiger partial charge in [-0.1, -0.05) is 6.07 Å². The summed E-state index contributed by atoms with van der Waals surface area (Å²) in [6.07, 6.45) is 2.39. The Bertz CT molecular complexity index is 764. The zero-order chi connectivity index (χ0) is 14.3. The van der Waals surface area contributed by atoms with Gasteiger partial charge in [-0.2, -0.15) is 4.31 Å². The number of fused-ring (bicyclic) bond motifs is 1. The van der Waals surface area contributed by atoms with Crippen molar-refractivity contribution < 1.29 is 8.42 Å². The van der Waals surface area contributed by atoms with E-state index in [2.05, 4.69) is 4.98 Å². The largest absolute Gasteiger partial charge is 0.326 e. The average Bonchev–Trinajstić information content (AvgIpc) is 2.87. The minimum Gasteiger partial charge on any atom is -0.326 e. The third-order valence-corrected chi connectivity index (χ3v) is 5.66. The highest BCUT2D eigenvalue weighted by Gasteiger charge is 2.32. The maximum Gasteiger partial charge on any atom is 0.243 e. The Hall–Kier alpha value is -1.21. The molecule has 1 aromatic heterocycles. The van der Waals surface area contributed by atoms with Crippen LogP contribution in [0.4, 0.5) is 0 Å². The average molecular weight is 328 g/mol. The highest BCUT2D eigenvalue weighted by molar-refractivity contribution is 7.89. The van der Waals surface area contributed by atoms with E-state index >= 15 is 0 Å². The van der Waals surface area contributed by atoms with E-state index < -0.39 is 10.0 Å². The summed E-state index contributed by atoms with van der Waals surface area (Å²) in [5.41, 5.74) is 7.52. The number of aromatic nitrogens is 1. The molecule has 5 nitrogen and oxygen atoms in total. The lowest BCUT2D eigenvalue weighted by molar-refractivity contribution is 0.473. The van der Waals surface area contributed by atoms with Gasteiger partial charge >= 0.3 is 0 Å². The SMILES string of the molecule is Cc1ccc(S(=O)(=O)N2CCC(N)C2)c2cccnc12.Cl. The maximum atomic E-state index is 12.7. The van der Waals surface area contributed by atoms with Gasteiger partial charge < -0.3 is 5.73 Å². The molecule has 0 saturated carbocycles. The fourth-order valence-electron chi connectivity index (χ4n) is 2.62. The Morgan fingerprint density at radius 1 is 1.33 bits per heavy atom. The summed E-state index contributed by atoms with van der Waals surface area (Å²) >= 11 is 0. The first-order valence-corrected chi connectivity index (χ1v) is 8.04. The van der Waals surface area contributed by atoms with Crippen LogP contribution in [0.25, 0.3) is 10.9 Å². The lowest BCUT2D eigenvalue weighted by Crippen LogP contribution is -2.32. The van der Waals surface area contributed by atoms with Crippen LogP contribution < -0.4 is 5.73 Å². The molecule has 1 fully saturated rings. The van der Waals surface area contributed by atoms with Crippen LogP contribution in [0.3, 0.4) is 0 Å². The molecule has 0 amide bonds. The predicted molar refractivity (Wildman–Crippen MR) is 85.1 cm³/mol. The van der Waals surface area contributed by atoms with Gasteiger partial charge in [0.1, 0.15) is 0 Å². The highest BCUT2D eigenvalue weighted by atomic mass is 35.5. The van der Waals surface area contributed by atoms with Gasteiger partial charge in [0.25, 0.3) is 0 Å². The van der Waals surface area contributed by atoms with Crippen LogP contribution in [0.2, 0.25) is 0 Å². The molecule has 0 radical (unpaired) electrons. The molecule has 2 heterocycles. The zero-order valence-corrected chi connectivity index (χ0v) is 13.3. The molecule has 1 saturated heterocycles. The van der Waals surface area contributed by atoms with Gasteiger partial charge in [-0.25, -0.2) is 8.42 Å². The molecular formula is C14H18ClN3O2S. The van der Waals surface area contributed by atoms with Crippen LogP contribution in [0.1, 0.15) is 12.0 Å². The molecule has 7 heteroatoms. The number of aryl methyl sites for hydroxylation is 1. The number of benzene rings is 1. The van der Waals surface area contributed by atoms with Crippen molar-refractivity contribution in [3.8, 4) is 0 Å². The lowest BCUT2D eigenvalue weighted by Gasteiger charge is -2.17. The van der Waals surface area contributed by atoms with Gasteiger partial charge in [0, 0.05) is 30.7 Å². The topological polar surface area (TPSA) is 76.3 Å². The number of halogens is 1. The molecule has 2 N–H and O–H groups in total. The number of sulfonamides is 1. The van der Waals surface area contributed by atoms with E-state index in [1.807, 2.05) is 6.92 Å². The highest BCUT2D eigenvalue weighted by Crippen LogP contribution is 2.28. The molecule has 3 rings (SSSR count). The van der Waals surface area contributed by atoms with Crippen LogP contribution in [-0.4, -0.2) is 36.8 Å². The van der Waals surface area contributed by atoms with Gasteiger partial charge in [0.15, 0.2) is 0 Å². The summed E-state index contributed by atoms with van der Waals surface area (Å²) in [4.78, 5) is 4.61. The molecule has 1 aliphatic rings. The zero-order valence-electron chi connectivity index (χ0n) is 11.7. The van der Waals surface area contributed by atoms with Crippen LogP contribution in [0.15, 0.2) is 35.4 Å². The van der Waals surface area contributed by atoms with Crippen molar-refractivity contribution in [2.45, 2.75) is 24.3 Å². The molecule has 1 unspecified atom stereocenters. The van der Waals surface area contributed by atoms with Crippen molar-refractivity contribution in [3.63, 3.8) is 0 Å². The Morgan fingerprint density at radius 3 is 2.76 bits per heavy atom. The van der Waals surface area contributed by atoms with E-state index in [9.17, 15) is 8.42 Å². The summed E-state index contributed by atoms with van der Waals surface area (Å²) in [5.74, 6) is 0. The second-order valence-electron chi connectivity index (χ2n) is 5.19. The van der Waals surface area contributed by atoms with Gasteiger partial charge in [0.2, 0.25) is 10.0 Å². The first-order chi connectivity index (χ1) is 9.50. The van der Waals surface area contributed by atoms with Crippen LogP contribution in [0, 0.1) is 6.92 Å². The molecule has 0 spiro atoms. The van der Waals surface area contributed by atoms with Gasteiger partial charge in [0.05, 0.1) is 10.4 Å². The first kappa shape index (κ1) is 16.2. The molecule has 1 aliphatic heterocycles. The molecule has 114 valence electrons. The minimum absolute atomic E-state index is 0. The Morgan fingerprint density at radius 2 is 2.10 bits per heavy atom. The third-order valence-electron chi connectivity index (χ3n) is 3.74. The van der Waals surface area contributed by atoms with E-state index in [-0.39, 0.29) is 18.4 Å². The maximum absolute atomic E-state index is 12.7. The molecule has 1 atom stereocenters. The Labute approximate surface area is 130 Å². The fraction of sp³-hybridized carbons (Fsp3) is 0.357. The summed E-state index contributed by atoms with van der Waals surface area (Å²) in [7, 11) is -3.50. The standard InChI is InChI=1S/C14H17N3O2S.ClH/c1-10-4-5-13(12-3-2-7-16-14(10)12)20(18,19)17-8-6-11(15)9-17;/h2-5,7,11H,6,8-9,15H2,1H3;1H.